The van der Waals surface area contributed by atoms with Gasteiger partial charge in [-0.25, -0.2) is 0 Å². The Morgan fingerprint density at radius 3 is 2.69 bits per heavy atom. The molecule has 0 radical (unpaired) electrons. The minimum atomic E-state index is -0.179. The Morgan fingerprint density at radius 2 is 2.06 bits per heavy atom. The van der Waals surface area contributed by atoms with E-state index in [0.29, 0.717) is 12.0 Å². The molecular weight excluding hydrogens is 198 g/mol. The molecule has 3 unspecified atom stereocenters. The summed E-state index contributed by atoms with van der Waals surface area (Å²) in [4.78, 5) is 2.30. The van der Waals surface area contributed by atoms with Crippen LogP contribution >= 0.6 is 0 Å². The van der Waals surface area contributed by atoms with E-state index < -0.39 is 0 Å². The molecule has 1 aromatic rings. The molecule has 1 aromatic carbocycles. The Bertz CT molecular complexity index is 325. The Hall–Kier alpha value is -0.860. The smallest absolute Gasteiger partial charge is 0.0664 e. The highest BCUT2D eigenvalue weighted by Gasteiger charge is 2.41. The molecule has 1 N–H and O–H groups in total. The molecule has 3 atom stereocenters. The monoisotopic (exact) mass is 219 g/mol. The summed E-state index contributed by atoms with van der Waals surface area (Å²) < 4.78 is 0. The van der Waals surface area contributed by atoms with E-state index in [9.17, 15) is 5.11 Å². The highest BCUT2D eigenvalue weighted by molar-refractivity contribution is 5.27. The van der Waals surface area contributed by atoms with Crippen LogP contribution < -0.4 is 0 Å². The molecular formula is C14H21NO. The van der Waals surface area contributed by atoms with Gasteiger partial charge in [0, 0.05) is 18.5 Å². The lowest BCUT2D eigenvalue weighted by atomic mass is 10.1. The summed E-state index contributed by atoms with van der Waals surface area (Å²) in [5.74, 6) is 0.676. The van der Waals surface area contributed by atoms with Crippen molar-refractivity contribution in [3.8, 4) is 0 Å². The largest absolute Gasteiger partial charge is 0.392 e. The lowest BCUT2D eigenvalue weighted by Crippen LogP contribution is -2.31. The van der Waals surface area contributed by atoms with Crippen LogP contribution in [0.2, 0.25) is 0 Å². The topological polar surface area (TPSA) is 23.5 Å². The first-order valence-electron chi connectivity index (χ1n) is 6.15. The van der Waals surface area contributed by atoms with E-state index in [2.05, 4.69) is 42.3 Å². The zero-order valence-electron chi connectivity index (χ0n) is 10.1. The fraction of sp³-hybridized carbons (Fsp3) is 0.571. The van der Waals surface area contributed by atoms with Crippen molar-refractivity contribution in [3.63, 3.8) is 0 Å². The van der Waals surface area contributed by atoms with Crippen LogP contribution in [0.3, 0.4) is 0 Å². The van der Waals surface area contributed by atoms with E-state index in [-0.39, 0.29) is 6.10 Å². The summed E-state index contributed by atoms with van der Waals surface area (Å²) in [7, 11) is 2.12. The summed E-state index contributed by atoms with van der Waals surface area (Å²) >= 11 is 0. The normalized spacial score (nSPS) is 25.8. The van der Waals surface area contributed by atoms with Gasteiger partial charge in [0.2, 0.25) is 0 Å². The second-order valence-electron chi connectivity index (χ2n) is 4.82. The fourth-order valence-corrected chi connectivity index (χ4v) is 2.32. The minimum Gasteiger partial charge on any atom is -0.392 e. The molecule has 0 bridgehead atoms. The standard InChI is InChI=1S/C14H21NO/c1-3-12(16)10-15(2)14-9-13(14)11-7-5-4-6-8-11/h4-8,12-14,16H,3,9-10H2,1-2H3. The van der Waals surface area contributed by atoms with Gasteiger partial charge in [-0.3, -0.25) is 0 Å². The number of aliphatic hydroxyl groups excluding tert-OH is 1. The zero-order chi connectivity index (χ0) is 11.5. The molecule has 2 heteroatoms. The van der Waals surface area contributed by atoms with Crippen molar-refractivity contribution < 1.29 is 5.11 Å². The number of aliphatic hydroxyl groups is 1. The van der Waals surface area contributed by atoms with Gasteiger partial charge in [0.25, 0.3) is 0 Å². The molecule has 2 rings (SSSR count). The summed E-state index contributed by atoms with van der Waals surface area (Å²) in [6.45, 7) is 2.82. The van der Waals surface area contributed by atoms with E-state index in [1.54, 1.807) is 0 Å². The number of rotatable bonds is 5. The molecule has 88 valence electrons. The fourth-order valence-electron chi connectivity index (χ4n) is 2.32. The quantitative estimate of drug-likeness (QED) is 0.821. The van der Waals surface area contributed by atoms with Crippen LogP contribution in [0.1, 0.15) is 31.2 Å². The van der Waals surface area contributed by atoms with Gasteiger partial charge >= 0.3 is 0 Å². The van der Waals surface area contributed by atoms with E-state index in [0.717, 1.165) is 13.0 Å². The Labute approximate surface area is 97.9 Å². The van der Waals surface area contributed by atoms with Gasteiger partial charge in [0.15, 0.2) is 0 Å². The number of nitrogens with zero attached hydrogens (tertiary/aromatic N) is 1. The minimum absolute atomic E-state index is 0.179. The van der Waals surface area contributed by atoms with Crippen molar-refractivity contribution in [2.75, 3.05) is 13.6 Å². The molecule has 1 aliphatic rings. The third kappa shape index (κ3) is 2.63. The predicted octanol–water partition coefficient (Wildman–Crippen LogP) is 2.25. The third-order valence-corrected chi connectivity index (χ3v) is 3.52. The van der Waals surface area contributed by atoms with Crippen LogP contribution in [0.15, 0.2) is 30.3 Å². The van der Waals surface area contributed by atoms with E-state index in [4.69, 9.17) is 0 Å². The van der Waals surface area contributed by atoms with Crippen molar-refractivity contribution in [2.45, 2.75) is 37.8 Å². The average molecular weight is 219 g/mol. The maximum absolute atomic E-state index is 9.62. The van der Waals surface area contributed by atoms with Crippen LogP contribution in [0.5, 0.6) is 0 Å². The predicted molar refractivity (Wildman–Crippen MR) is 66.5 cm³/mol. The van der Waals surface area contributed by atoms with Crippen LogP contribution in [0.4, 0.5) is 0 Å². The molecule has 0 amide bonds. The molecule has 1 fully saturated rings. The molecule has 0 aliphatic heterocycles. The first kappa shape index (κ1) is 11.6. The Balaban J connectivity index is 1.87. The van der Waals surface area contributed by atoms with Crippen molar-refractivity contribution in [3.05, 3.63) is 35.9 Å². The first-order chi connectivity index (χ1) is 7.72. The van der Waals surface area contributed by atoms with Gasteiger partial charge in [-0.1, -0.05) is 37.3 Å². The lowest BCUT2D eigenvalue weighted by molar-refractivity contribution is 0.118. The first-order valence-corrected chi connectivity index (χ1v) is 6.15. The van der Waals surface area contributed by atoms with E-state index >= 15 is 0 Å². The summed E-state index contributed by atoms with van der Waals surface area (Å²) in [6, 6.07) is 11.3. The number of hydrogen-bond donors (Lipinski definition) is 1. The Morgan fingerprint density at radius 1 is 1.38 bits per heavy atom. The van der Waals surface area contributed by atoms with Crippen LogP contribution in [0, 0.1) is 0 Å². The molecule has 0 aromatic heterocycles. The number of benzene rings is 1. The zero-order valence-corrected chi connectivity index (χ0v) is 10.1. The number of hydrogen-bond acceptors (Lipinski definition) is 2. The van der Waals surface area contributed by atoms with Gasteiger partial charge in [-0.05, 0) is 25.5 Å². The second-order valence-corrected chi connectivity index (χ2v) is 4.82. The van der Waals surface area contributed by atoms with Crippen LogP contribution in [-0.2, 0) is 0 Å². The van der Waals surface area contributed by atoms with Gasteiger partial charge in [-0.15, -0.1) is 0 Å². The molecule has 16 heavy (non-hydrogen) atoms. The van der Waals surface area contributed by atoms with E-state index in [1.165, 1.54) is 12.0 Å². The molecule has 1 aliphatic carbocycles. The molecule has 0 spiro atoms. The Kier molecular flexibility index (Phi) is 3.62. The van der Waals surface area contributed by atoms with Gasteiger partial charge in [-0.2, -0.15) is 0 Å². The maximum atomic E-state index is 9.62. The van der Waals surface area contributed by atoms with Crippen molar-refractivity contribution >= 4 is 0 Å². The van der Waals surface area contributed by atoms with Gasteiger partial charge in [0.1, 0.15) is 0 Å². The van der Waals surface area contributed by atoms with Crippen LogP contribution in [-0.4, -0.2) is 35.7 Å². The highest BCUT2D eigenvalue weighted by Crippen LogP contribution is 2.43. The SMILES string of the molecule is CCC(O)CN(C)C1CC1c1ccccc1. The highest BCUT2D eigenvalue weighted by atomic mass is 16.3. The average Bonchev–Trinajstić information content (AvgIpc) is 3.10. The molecule has 1 saturated carbocycles. The van der Waals surface area contributed by atoms with E-state index in [1.807, 2.05) is 6.92 Å². The van der Waals surface area contributed by atoms with Gasteiger partial charge in [0.05, 0.1) is 6.10 Å². The maximum Gasteiger partial charge on any atom is 0.0664 e. The summed E-state index contributed by atoms with van der Waals surface area (Å²) in [5.41, 5.74) is 1.44. The molecule has 0 heterocycles. The molecule has 0 saturated heterocycles. The molecule has 2 nitrogen and oxygen atoms in total. The van der Waals surface area contributed by atoms with Crippen molar-refractivity contribution in [1.29, 1.82) is 0 Å². The third-order valence-electron chi connectivity index (χ3n) is 3.52. The summed E-state index contributed by atoms with van der Waals surface area (Å²) in [6.07, 6.45) is 1.89. The van der Waals surface area contributed by atoms with Gasteiger partial charge < -0.3 is 10.0 Å². The van der Waals surface area contributed by atoms with Crippen LogP contribution in [0.25, 0.3) is 0 Å². The van der Waals surface area contributed by atoms with Crippen molar-refractivity contribution in [2.24, 2.45) is 0 Å². The summed E-state index contributed by atoms with van der Waals surface area (Å²) in [5, 5.41) is 9.62. The second kappa shape index (κ2) is 4.98. The lowest BCUT2D eigenvalue weighted by Gasteiger charge is -2.19. The number of likely N-dealkylation sites (N-methyl/N-ethyl adjacent to an activating group) is 1. The van der Waals surface area contributed by atoms with Crippen molar-refractivity contribution in [1.82, 2.24) is 4.90 Å².